The van der Waals surface area contributed by atoms with Crippen LogP contribution in [0.1, 0.15) is 16.3 Å². The van der Waals surface area contributed by atoms with Crippen molar-refractivity contribution in [3.63, 3.8) is 0 Å². The van der Waals surface area contributed by atoms with Gasteiger partial charge in [0.15, 0.2) is 11.5 Å². The van der Waals surface area contributed by atoms with Gasteiger partial charge < -0.3 is 19.9 Å². The molecule has 2 aromatic carbocycles. The zero-order chi connectivity index (χ0) is 21.3. The van der Waals surface area contributed by atoms with E-state index < -0.39 is 5.82 Å². The van der Waals surface area contributed by atoms with Crippen LogP contribution in [0.2, 0.25) is 0 Å². The predicted octanol–water partition coefficient (Wildman–Crippen LogP) is 4.88. The first-order valence-corrected chi connectivity index (χ1v) is 9.96. The van der Waals surface area contributed by atoms with Gasteiger partial charge in [0, 0.05) is 22.9 Å². The Balaban J connectivity index is 1.68. The van der Waals surface area contributed by atoms with E-state index in [2.05, 4.69) is 20.5 Å². The van der Waals surface area contributed by atoms with E-state index in [1.807, 2.05) is 12.3 Å². The van der Waals surface area contributed by atoms with E-state index in [0.717, 1.165) is 10.7 Å². The maximum absolute atomic E-state index is 14.3. The van der Waals surface area contributed by atoms with Gasteiger partial charge in [-0.05, 0) is 31.5 Å². The largest absolute Gasteiger partial charge is 0.508 e. The lowest BCUT2D eigenvalue weighted by atomic mass is 10.1. The molecule has 30 heavy (non-hydrogen) atoms. The number of nitrogens with zero attached hydrogens (tertiary/aromatic N) is 3. The number of aryl methyl sites for hydroxylation is 2. The monoisotopic (exact) mass is 426 g/mol. The van der Waals surface area contributed by atoms with Gasteiger partial charge in [0.1, 0.15) is 18.2 Å². The Labute approximate surface area is 176 Å². The van der Waals surface area contributed by atoms with E-state index in [1.165, 1.54) is 18.3 Å². The van der Waals surface area contributed by atoms with Gasteiger partial charge in [0.05, 0.1) is 40.9 Å². The highest BCUT2D eigenvalue weighted by Crippen LogP contribution is 2.36. The van der Waals surface area contributed by atoms with Crippen LogP contribution in [0.5, 0.6) is 17.2 Å². The molecule has 0 fully saturated rings. The lowest BCUT2D eigenvalue weighted by Crippen LogP contribution is -2.01. The van der Waals surface area contributed by atoms with Crippen LogP contribution in [0, 0.1) is 19.7 Å². The van der Waals surface area contributed by atoms with Gasteiger partial charge in [-0.15, -0.1) is 11.3 Å². The molecule has 0 unspecified atom stereocenters. The highest BCUT2D eigenvalue weighted by atomic mass is 32.1. The van der Waals surface area contributed by atoms with Gasteiger partial charge >= 0.3 is 0 Å². The first-order valence-electron chi connectivity index (χ1n) is 9.08. The Kier molecular flexibility index (Phi) is 5.37. The summed E-state index contributed by atoms with van der Waals surface area (Å²) < 4.78 is 25.7. The Morgan fingerprint density at radius 2 is 1.97 bits per heavy atom. The van der Waals surface area contributed by atoms with E-state index in [-0.39, 0.29) is 11.4 Å². The number of hydrogen-bond acceptors (Lipinski definition) is 8. The molecule has 0 aliphatic rings. The summed E-state index contributed by atoms with van der Waals surface area (Å²) in [4.78, 5) is 4.38. The maximum Gasteiger partial charge on any atom is 0.164 e. The highest BCUT2D eigenvalue weighted by molar-refractivity contribution is 7.09. The van der Waals surface area contributed by atoms with Crippen molar-refractivity contribution in [1.29, 1.82) is 0 Å². The second-order valence-corrected chi connectivity index (χ2v) is 7.73. The number of rotatable bonds is 6. The molecule has 0 amide bonds. The minimum atomic E-state index is -0.485. The van der Waals surface area contributed by atoms with Gasteiger partial charge in [0.25, 0.3) is 0 Å². The third kappa shape index (κ3) is 3.97. The standard InChI is InChI=1S/C21H19FN4O3S/c1-11-4-15(22)17(6-19(11)27)25-18-8-23-26-16-7-21(20(28-3)5-14(16)18)29-9-13-10-30-12(2)24-13/h4-8,10,27H,9H2,1-3H3,(H,25,26). The second kappa shape index (κ2) is 8.11. The lowest BCUT2D eigenvalue weighted by molar-refractivity contribution is 0.281. The molecule has 9 heteroatoms. The number of methoxy groups -OCH3 is 1. The number of hydrogen-bond donors (Lipinski definition) is 2. The van der Waals surface area contributed by atoms with Crippen molar-refractivity contribution < 1.29 is 19.0 Å². The smallest absolute Gasteiger partial charge is 0.164 e. The number of anilines is 2. The quantitative estimate of drug-likeness (QED) is 0.454. The van der Waals surface area contributed by atoms with E-state index in [0.29, 0.717) is 40.3 Å². The molecule has 0 saturated carbocycles. The molecule has 0 radical (unpaired) electrons. The zero-order valence-corrected chi connectivity index (χ0v) is 17.4. The summed E-state index contributed by atoms with van der Waals surface area (Å²) in [5, 5.41) is 24.6. The molecule has 0 saturated heterocycles. The number of benzene rings is 2. The Bertz CT molecular complexity index is 1230. The van der Waals surface area contributed by atoms with Gasteiger partial charge in [0.2, 0.25) is 0 Å². The topological polar surface area (TPSA) is 89.4 Å². The Hall–Kier alpha value is -3.46. The fourth-order valence-corrected chi connectivity index (χ4v) is 3.56. The second-order valence-electron chi connectivity index (χ2n) is 6.67. The number of nitrogens with one attached hydrogen (secondary N) is 1. The van der Waals surface area contributed by atoms with Crippen LogP contribution in [0.3, 0.4) is 0 Å². The van der Waals surface area contributed by atoms with Gasteiger partial charge in [-0.3, -0.25) is 0 Å². The molecule has 7 nitrogen and oxygen atoms in total. The molecule has 2 N–H and O–H groups in total. The van der Waals surface area contributed by atoms with Gasteiger partial charge in [-0.25, -0.2) is 9.37 Å². The molecule has 2 heterocycles. The van der Waals surface area contributed by atoms with Gasteiger partial charge in [-0.2, -0.15) is 10.2 Å². The van der Waals surface area contributed by atoms with Crippen LogP contribution in [0.4, 0.5) is 15.8 Å². The normalized spacial score (nSPS) is 10.9. The van der Waals surface area contributed by atoms with Crippen LogP contribution < -0.4 is 14.8 Å². The number of phenolic OH excluding ortho intramolecular Hbond substituents is 1. The summed E-state index contributed by atoms with van der Waals surface area (Å²) in [7, 11) is 1.54. The summed E-state index contributed by atoms with van der Waals surface area (Å²) in [6.45, 7) is 3.86. The summed E-state index contributed by atoms with van der Waals surface area (Å²) >= 11 is 1.56. The maximum atomic E-state index is 14.3. The van der Waals surface area contributed by atoms with E-state index in [4.69, 9.17) is 9.47 Å². The summed E-state index contributed by atoms with van der Waals surface area (Å²) in [6, 6.07) is 6.07. The molecule has 4 rings (SSSR count). The Morgan fingerprint density at radius 3 is 2.70 bits per heavy atom. The number of ether oxygens (including phenoxy) is 2. The molecule has 2 aromatic heterocycles. The third-order valence-electron chi connectivity index (χ3n) is 4.52. The molecular formula is C21H19FN4O3S. The minimum Gasteiger partial charge on any atom is -0.508 e. The molecule has 0 atom stereocenters. The molecule has 4 aromatic rings. The summed E-state index contributed by atoms with van der Waals surface area (Å²) in [5.74, 6) is 0.510. The van der Waals surface area contributed by atoms with Gasteiger partial charge in [-0.1, -0.05) is 0 Å². The molecule has 0 aliphatic heterocycles. The van der Waals surface area contributed by atoms with Crippen molar-refractivity contribution in [3.8, 4) is 17.2 Å². The average Bonchev–Trinajstić information content (AvgIpc) is 3.15. The number of aromatic hydroxyl groups is 1. The van der Waals surface area contributed by atoms with Crippen molar-refractivity contribution in [2.75, 3.05) is 12.4 Å². The van der Waals surface area contributed by atoms with Crippen LogP contribution in [-0.2, 0) is 6.61 Å². The summed E-state index contributed by atoms with van der Waals surface area (Å²) in [5.41, 5.74) is 2.47. The van der Waals surface area contributed by atoms with E-state index in [1.54, 1.807) is 37.5 Å². The van der Waals surface area contributed by atoms with Crippen molar-refractivity contribution in [2.45, 2.75) is 20.5 Å². The highest BCUT2D eigenvalue weighted by Gasteiger charge is 2.14. The molecular weight excluding hydrogens is 407 g/mol. The molecule has 0 spiro atoms. The fourth-order valence-electron chi connectivity index (χ4n) is 2.97. The molecule has 0 aliphatic carbocycles. The number of aromatic nitrogens is 3. The number of phenols is 1. The number of halogens is 1. The minimum absolute atomic E-state index is 0.00392. The zero-order valence-electron chi connectivity index (χ0n) is 16.6. The first kappa shape index (κ1) is 19.8. The first-order chi connectivity index (χ1) is 14.4. The van der Waals surface area contributed by atoms with Crippen molar-refractivity contribution in [2.24, 2.45) is 0 Å². The van der Waals surface area contributed by atoms with Crippen LogP contribution in [0.15, 0.2) is 35.8 Å². The average molecular weight is 426 g/mol. The third-order valence-corrected chi connectivity index (χ3v) is 5.34. The van der Waals surface area contributed by atoms with E-state index in [9.17, 15) is 9.50 Å². The number of fused-ring (bicyclic) bond motifs is 1. The summed E-state index contributed by atoms with van der Waals surface area (Å²) in [6.07, 6.45) is 1.48. The lowest BCUT2D eigenvalue weighted by Gasteiger charge is -2.14. The van der Waals surface area contributed by atoms with Crippen LogP contribution >= 0.6 is 11.3 Å². The van der Waals surface area contributed by atoms with Crippen molar-refractivity contribution in [1.82, 2.24) is 15.2 Å². The molecule has 0 bridgehead atoms. The van der Waals surface area contributed by atoms with Crippen LogP contribution in [0.25, 0.3) is 10.9 Å². The molecule has 154 valence electrons. The predicted molar refractivity (Wildman–Crippen MR) is 113 cm³/mol. The van der Waals surface area contributed by atoms with E-state index >= 15 is 0 Å². The van der Waals surface area contributed by atoms with Crippen molar-refractivity contribution >= 4 is 33.6 Å². The van der Waals surface area contributed by atoms with Crippen molar-refractivity contribution in [3.05, 3.63) is 57.9 Å². The van der Waals surface area contributed by atoms with Crippen LogP contribution in [-0.4, -0.2) is 27.4 Å². The fraction of sp³-hybridized carbons (Fsp3) is 0.190. The SMILES string of the molecule is COc1cc2c(Nc3cc(O)c(C)cc3F)cnnc2cc1OCc1csc(C)n1. The Morgan fingerprint density at radius 1 is 1.13 bits per heavy atom. The number of thiazole rings is 1.